The van der Waals surface area contributed by atoms with Gasteiger partial charge in [-0.05, 0) is 19.4 Å². The van der Waals surface area contributed by atoms with E-state index in [0.29, 0.717) is 27.6 Å². The number of carbonyl (C=O) groups is 2. The Morgan fingerprint density at radius 1 is 1.50 bits per heavy atom. The lowest BCUT2D eigenvalue weighted by Gasteiger charge is -2.03. The zero-order chi connectivity index (χ0) is 12.3. The van der Waals surface area contributed by atoms with Gasteiger partial charge < -0.3 is 15.8 Å². The van der Waals surface area contributed by atoms with E-state index in [1.165, 1.54) is 0 Å². The highest BCUT2D eigenvalue weighted by Gasteiger charge is 2.23. The van der Waals surface area contributed by atoms with Crippen molar-refractivity contribution in [3.05, 3.63) is 16.0 Å². The third-order valence-corrected chi connectivity index (χ3v) is 3.40. The van der Waals surface area contributed by atoms with Crippen molar-refractivity contribution in [2.75, 3.05) is 19.0 Å². The molecular formula is C10H14N2O3S. The second kappa shape index (κ2) is 4.98. The molecule has 3 N–H and O–H groups in total. The SMILES string of the molecule is CCOC(=O)c1c(NC)sc(C(N)=O)c1C. The molecule has 0 aliphatic carbocycles. The Bertz CT molecular complexity index is 426. The highest BCUT2D eigenvalue weighted by molar-refractivity contribution is 7.18. The fourth-order valence-electron chi connectivity index (χ4n) is 1.37. The smallest absolute Gasteiger partial charge is 0.341 e. The lowest BCUT2D eigenvalue weighted by Crippen LogP contribution is -2.12. The summed E-state index contributed by atoms with van der Waals surface area (Å²) < 4.78 is 4.92. The normalized spacial score (nSPS) is 9.94. The Hall–Kier alpha value is -1.56. The van der Waals surface area contributed by atoms with Gasteiger partial charge in [-0.1, -0.05) is 0 Å². The molecule has 16 heavy (non-hydrogen) atoms. The van der Waals surface area contributed by atoms with Crippen LogP contribution in [0.25, 0.3) is 0 Å². The number of rotatable bonds is 4. The van der Waals surface area contributed by atoms with Crippen molar-refractivity contribution in [1.82, 2.24) is 0 Å². The first-order valence-electron chi connectivity index (χ1n) is 4.81. The first kappa shape index (κ1) is 12.5. The highest BCUT2D eigenvalue weighted by atomic mass is 32.1. The molecule has 0 saturated heterocycles. The molecule has 0 bridgehead atoms. The van der Waals surface area contributed by atoms with Gasteiger partial charge in [0.2, 0.25) is 0 Å². The van der Waals surface area contributed by atoms with Crippen molar-refractivity contribution in [3.63, 3.8) is 0 Å². The minimum absolute atomic E-state index is 0.295. The first-order valence-corrected chi connectivity index (χ1v) is 5.62. The Balaban J connectivity index is 3.25. The number of carbonyl (C=O) groups excluding carboxylic acids is 2. The fraction of sp³-hybridized carbons (Fsp3) is 0.400. The van der Waals surface area contributed by atoms with Crippen LogP contribution in [-0.2, 0) is 4.74 Å². The van der Waals surface area contributed by atoms with E-state index < -0.39 is 11.9 Å². The van der Waals surface area contributed by atoms with Gasteiger partial charge in [0.1, 0.15) is 5.00 Å². The number of nitrogens with one attached hydrogen (secondary N) is 1. The minimum atomic E-state index is -0.533. The summed E-state index contributed by atoms with van der Waals surface area (Å²) >= 11 is 1.16. The van der Waals surface area contributed by atoms with Crippen LogP contribution in [0.4, 0.5) is 5.00 Å². The van der Waals surface area contributed by atoms with Crippen molar-refractivity contribution in [2.45, 2.75) is 13.8 Å². The van der Waals surface area contributed by atoms with E-state index >= 15 is 0 Å². The van der Waals surface area contributed by atoms with E-state index in [2.05, 4.69) is 5.32 Å². The van der Waals surface area contributed by atoms with Crippen LogP contribution in [0.3, 0.4) is 0 Å². The lowest BCUT2D eigenvalue weighted by atomic mass is 10.1. The lowest BCUT2D eigenvalue weighted by molar-refractivity contribution is 0.0527. The van der Waals surface area contributed by atoms with E-state index in [9.17, 15) is 9.59 Å². The van der Waals surface area contributed by atoms with Gasteiger partial charge >= 0.3 is 5.97 Å². The van der Waals surface area contributed by atoms with Gasteiger partial charge in [-0.2, -0.15) is 0 Å². The molecule has 1 aromatic heterocycles. The van der Waals surface area contributed by atoms with Crippen molar-refractivity contribution < 1.29 is 14.3 Å². The predicted molar refractivity (Wildman–Crippen MR) is 63.1 cm³/mol. The fourth-order valence-corrected chi connectivity index (χ4v) is 2.37. The molecule has 1 amide bonds. The largest absolute Gasteiger partial charge is 0.462 e. The van der Waals surface area contributed by atoms with Crippen LogP contribution >= 0.6 is 11.3 Å². The zero-order valence-electron chi connectivity index (χ0n) is 9.42. The summed E-state index contributed by atoms with van der Waals surface area (Å²) in [5.74, 6) is -0.970. The molecule has 6 heteroatoms. The van der Waals surface area contributed by atoms with Gasteiger partial charge in [-0.25, -0.2) is 4.79 Å². The molecule has 0 atom stereocenters. The van der Waals surface area contributed by atoms with Crippen LogP contribution < -0.4 is 11.1 Å². The summed E-state index contributed by atoms with van der Waals surface area (Å²) in [6, 6.07) is 0. The number of ether oxygens (including phenoxy) is 1. The average Bonchev–Trinajstić information content (AvgIpc) is 2.55. The van der Waals surface area contributed by atoms with Gasteiger partial charge in [-0.15, -0.1) is 11.3 Å². The minimum Gasteiger partial charge on any atom is -0.462 e. The summed E-state index contributed by atoms with van der Waals surface area (Å²) in [5, 5.41) is 3.46. The number of anilines is 1. The van der Waals surface area contributed by atoms with Gasteiger partial charge in [0.05, 0.1) is 17.0 Å². The van der Waals surface area contributed by atoms with Crippen LogP contribution in [0.5, 0.6) is 0 Å². The molecule has 0 saturated carbocycles. The standard InChI is InChI=1S/C10H14N2O3S/c1-4-15-10(14)6-5(2)7(8(11)13)16-9(6)12-3/h12H,4H2,1-3H3,(H2,11,13). The van der Waals surface area contributed by atoms with E-state index in [4.69, 9.17) is 10.5 Å². The number of nitrogens with two attached hydrogens (primary N) is 1. The molecule has 1 rings (SSSR count). The number of hydrogen-bond acceptors (Lipinski definition) is 5. The molecule has 0 aliphatic heterocycles. The van der Waals surface area contributed by atoms with Crippen molar-refractivity contribution in [1.29, 1.82) is 0 Å². The van der Waals surface area contributed by atoms with E-state index in [1.54, 1.807) is 20.9 Å². The van der Waals surface area contributed by atoms with Crippen LogP contribution in [0.2, 0.25) is 0 Å². The summed E-state index contributed by atoms with van der Waals surface area (Å²) in [6.07, 6.45) is 0. The summed E-state index contributed by atoms with van der Waals surface area (Å²) in [6.45, 7) is 3.71. The Morgan fingerprint density at radius 2 is 2.12 bits per heavy atom. The second-order valence-electron chi connectivity index (χ2n) is 3.10. The van der Waals surface area contributed by atoms with Crippen LogP contribution in [0, 0.1) is 6.92 Å². The maximum atomic E-state index is 11.7. The Morgan fingerprint density at radius 3 is 2.56 bits per heavy atom. The second-order valence-corrected chi connectivity index (χ2v) is 4.12. The first-order chi connectivity index (χ1) is 7.52. The zero-order valence-corrected chi connectivity index (χ0v) is 10.2. The third kappa shape index (κ3) is 2.16. The van der Waals surface area contributed by atoms with Crippen molar-refractivity contribution >= 4 is 28.2 Å². The number of thiophene rings is 1. The molecule has 1 heterocycles. The molecule has 0 radical (unpaired) electrons. The van der Waals surface area contributed by atoms with Gasteiger partial charge in [0, 0.05) is 7.05 Å². The van der Waals surface area contributed by atoms with Gasteiger partial charge in [-0.3, -0.25) is 4.79 Å². The molecule has 88 valence electrons. The van der Waals surface area contributed by atoms with Gasteiger partial charge in [0.15, 0.2) is 0 Å². The number of amides is 1. The molecule has 0 unspecified atom stereocenters. The van der Waals surface area contributed by atoms with Crippen molar-refractivity contribution in [2.24, 2.45) is 5.73 Å². The molecule has 0 aromatic carbocycles. The van der Waals surface area contributed by atoms with E-state index in [0.717, 1.165) is 11.3 Å². The maximum absolute atomic E-state index is 11.7. The molecule has 0 aliphatic rings. The number of esters is 1. The third-order valence-electron chi connectivity index (χ3n) is 2.08. The van der Waals surface area contributed by atoms with Crippen molar-refractivity contribution in [3.8, 4) is 0 Å². The Labute approximate surface area is 97.6 Å². The molecular weight excluding hydrogens is 228 g/mol. The van der Waals surface area contributed by atoms with Crippen LogP contribution in [0.1, 0.15) is 32.5 Å². The monoisotopic (exact) mass is 242 g/mol. The molecule has 5 nitrogen and oxygen atoms in total. The highest BCUT2D eigenvalue weighted by Crippen LogP contribution is 2.32. The number of primary amides is 1. The van der Waals surface area contributed by atoms with Gasteiger partial charge in [0.25, 0.3) is 5.91 Å². The molecule has 1 aromatic rings. The average molecular weight is 242 g/mol. The molecule has 0 fully saturated rings. The molecule has 0 spiro atoms. The maximum Gasteiger partial charge on any atom is 0.341 e. The number of hydrogen-bond donors (Lipinski definition) is 2. The Kier molecular flexibility index (Phi) is 3.89. The van der Waals surface area contributed by atoms with E-state index in [-0.39, 0.29) is 0 Å². The van der Waals surface area contributed by atoms with Crippen LogP contribution in [-0.4, -0.2) is 25.5 Å². The summed E-state index contributed by atoms with van der Waals surface area (Å²) in [7, 11) is 1.68. The quantitative estimate of drug-likeness (QED) is 0.781. The summed E-state index contributed by atoms with van der Waals surface area (Å²) in [5.41, 5.74) is 6.18. The van der Waals surface area contributed by atoms with Crippen LogP contribution in [0.15, 0.2) is 0 Å². The van der Waals surface area contributed by atoms with E-state index in [1.807, 2.05) is 0 Å². The topological polar surface area (TPSA) is 81.4 Å². The predicted octanol–water partition coefficient (Wildman–Crippen LogP) is 1.37. The summed E-state index contributed by atoms with van der Waals surface area (Å²) in [4.78, 5) is 23.2.